The summed E-state index contributed by atoms with van der Waals surface area (Å²) in [4.78, 5) is 3.54. The van der Waals surface area contributed by atoms with Gasteiger partial charge in [0.05, 0.1) is 0 Å². The molecule has 147 heavy (non-hydrogen) atoms. The summed E-state index contributed by atoms with van der Waals surface area (Å²) in [7, 11) is 0. The van der Waals surface area contributed by atoms with Gasteiger partial charge in [-0.2, -0.15) is 0 Å². The van der Waals surface area contributed by atoms with Gasteiger partial charge in [-0.05, 0) is 369 Å². The molecule has 0 N–H and O–H groups in total. The van der Waals surface area contributed by atoms with E-state index in [-0.39, 0.29) is 0 Å². The number of rotatable bonds is 30. The largest absolute Gasteiger partial charge is 0.126 e. The van der Waals surface area contributed by atoms with E-state index in [1.807, 2.05) is 35.3 Å². The lowest BCUT2D eigenvalue weighted by molar-refractivity contribution is 0.586. The molecule has 0 saturated heterocycles. The zero-order chi connectivity index (χ0) is 101. The minimum absolute atomic E-state index is 0.894. The normalized spacial score (nSPS) is 11.3. The van der Waals surface area contributed by atoms with E-state index in [1.165, 1.54) is 259 Å². The minimum Gasteiger partial charge on any atom is -0.126 e. The quantitative estimate of drug-likeness (QED) is 0.0191. The molecule has 0 spiro atoms. The number of benzene rings is 19. The van der Waals surface area contributed by atoms with Crippen molar-refractivity contribution in [3.63, 3.8) is 0 Å². The monoisotopic (exact) mass is 1950 g/mol. The third-order valence-corrected chi connectivity index (χ3v) is 33.1. The molecule has 0 saturated carbocycles. The summed E-state index contributed by atoms with van der Waals surface area (Å²) >= 11 is 5.78. The van der Waals surface area contributed by atoms with Crippen LogP contribution < -0.4 is 0 Å². The molecule has 0 heterocycles. The van der Waals surface area contributed by atoms with Crippen LogP contribution >= 0.6 is 35.3 Å². The summed E-state index contributed by atoms with van der Waals surface area (Å²) in [6, 6.07) is 91.6. The van der Waals surface area contributed by atoms with E-state index in [1.54, 1.807) is 0 Å². The van der Waals surface area contributed by atoms with Gasteiger partial charge >= 0.3 is 0 Å². The molecule has 0 bridgehead atoms. The van der Waals surface area contributed by atoms with Gasteiger partial charge in [0.15, 0.2) is 0 Å². The Hall–Kier alpha value is -14.2. The third kappa shape index (κ3) is 22.7. The lowest BCUT2D eigenvalue weighted by Gasteiger charge is -2.15. The maximum Gasteiger partial charge on any atom is 0.0334 e. The van der Waals surface area contributed by atoms with Crippen LogP contribution in [-0.4, -0.2) is 17.3 Å². The van der Waals surface area contributed by atoms with E-state index in [0.29, 0.717) is 0 Å². The summed E-state index contributed by atoms with van der Waals surface area (Å²) in [6.45, 7) is 24.7. The van der Waals surface area contributed by atoms with Gasteiger partial charge in [-0.3, -0.25) is 0 Å². The summed E-state index contributed by atoms with van der Waals surface area (Å²) in [5, 5.41) is 28.0. The SMILES string of the molecule is C#Cc1cc2cc(C#Cc3cc(C#Cc4cc5cc(C#Cc6cc(C#Cc7cc8cc(C#Cc9cc(C#Cc%10cc%11cc(C#C)c%12cccc(C)c%12c%11c%11c(C)cccc%10%11)cc(SCCCCCCCCCC)c9)c9cccc(C)c9c8c8c(C)cccc78)cc(SCCCCCCCCCC)c6)c6cccc(C)c6c5c5c(C)cccc45)cc(SCCCCCCCCCC)c3)c3cccc(C)c3c2c2c(C)cccc12. The smallest absolute Gasteiger partial charge is 0.0334 e. The van der Waals surface area contributed by atoms with Crippen LogP contribution in [0.4, 0.5) is 0 Å². The molecule has 0 radical (unpaired) electrons. The van der Waals surface area contributed by atoms with Crippen LogP contribution in [0.1, 0.15) is 297 Å². The Bertz CT molecular complexity index is 8440. The van der Waals surface area contributed by atoms with Crippen LogP contribution in [0.2, 0.25) is 0 Å². The van der Waals surface area contributed by atoms with Crippen LogP contribution in [-0.2, 0) is 0 Å². The van der Waals surface area contributed by atoms with Crippen molar-refractivity contribution in [2.45, 2.75) is 245 Å². The first-order valence-electron chi connectivity index (χ1n) is 53.9. The Morgan fingerprint density at radius 2 is 0.340 bits per heavy atom. The highest BCUT2D eigenvalue weighted by atomic mass is 32.2. The van der Waals surface area contributed by atoms with Gasteiger partial charge in [0.1, 0.15) is 0 Å². The maximum absolute atomic E-state index is 6.31. The van der Waals surface area contributed by atoms with E-state index in [0.717, 1.165) is 179 Å². The fraction of sp³-hybridized carbons (Fsp3) is 0.264. The number of terminal acetylenes is 2. The van der Waals surface area contributed by atoms with Gasteiger partial charge in [0.25, 0.3) is 0 Å². The zero-order valence-corrected chi connectivity index (χ0v) is 90.1. The molecule has 0 aliphatic rings. The van der Waals surface area contributed by atoms with Gasteiger partial charge < -0.3 is 0 Å². The predicted octanol–water partition coefficient (Wildman–Crippen LogP) is 39.1. The van der Waals surface area contributed by atoms with Crippen molar-refractivity contribution in [1.82, 2.24) is 0 Å². The first-order chi connectivity index (χ1) is 72.0. The van der Waals surface area contributed by atoms with E-state index in [4.69, 9.17) is 12.8 Å². The number of thioether (sulfide) groups is 3. The molecule has 0 aromatic heterocycles. The molecule has 0 nitrogen and oxygen atoms in total. The Morgan fingerprint density at radius 1 is 0.177 bits per heavy atom. The van der Waals surface area contributed by atoms with Gasteiger partial charge in [0, 0.05) is 92.6 Å². The summed E-state index contributed by atoms with van der Waals surface area (Å²) in [5.74, 6) is 54.8. The standard InChI is InChI=1S/C144H130S3/c1-14-19-22-25-28-31-34-37-76-145-122-82-104(64-70-112-90-118-88-110(17-4)125-56-40-48-96(6)133(125)141(118)135-98(8)50-42-58-127(112)135)79-106(84-122)66-72-114-92-120-94-116(131-62-46-54-102(12)139(131)143(120)137-100(10)52-44-60-129(114)137)74-68-108-81-109(87-124(86-108)147-78-39-36-33-30-27-24-21-16-3)69-75-117-95-121-93-115(130-61-45-53-101(11)138(130)144(121)140-103(13)55-47-63-132(117)140)73-67-107-80-105(83-123(85-107)146-77-38-35-32-29-26-23-20-15-2)65-71-113-91-119-89-111(18-5)126-57-41-49-97(7)134(126)142(119)136-99(9)51-43-59-128(113)136/h4-5,40-63,79-95H,14-16,19-39,76-78H2,1-3,6-13H3. The van der Waals surface area contributed by atoms with Crippen molar-refractivity contribution in [2.24, 2.45) is 0 Å². The Kier molecular flexibility index (Phi) is 32.8. The van der Waals surface area contributed by atoms with E-state index >= 15 is 0 Å². The lowest BCUT2D eigenvalue weighted by Crippen LogP contribution is -1.93. The molecule has 0 fully saturated rings. The molecular formula is C144H130S3. The van der Waals surface area contributed by atoms with Crippen LogP contribution in [0, 0.1) is 151 Å². The molecule has 3 heteroatoms. The Balaban J connectivity index is 0.691. The van der Waals surface area contributed by atoms with Gasteiger partial charge in [-0.1, -0.05) is 384 Å². The van der Waals surface area contributed by atoms with E-state index < -0.39 is 0 Å². The highest BCUT2D eigenvalue weighted by Gasteiger charge is 2.23. The molecule has 0 aliphatic heterocycles. The molecule has 0 amide bonds. The second kappa shape index (κ2) is 47.6. The first kappa shape index (κ1) is 101. The molecule has 0 atom stereocenters. The predicted molar refractivity (Wildman–Crippen MR) is 645 cm³/mol. The summed E-state index contributed by atoms with van der Waals surface area (Å²) < 4.78 is 0. The molecule has 19 rings (SSSR count). The van der Waals surface area contributed by atoms with Crippen molar-refractivity contribution in [1.29, 1.82) is 0 Å². The van der Waals surface area contributed by atoms with Crippen LogP contribution in [0.5, 0.6) is 0 Å². The highest BCUT2D eigenvalue weighted by molar-refractivity contribution is 7.99. The van der Waals surface area contributed by atoms with Crippen molar-refractivity contribution in [3.8, 4) is 95.7 Å². The second-order valence-corrected chi connectivity index (χ2v) is 44.3. The van der Waals surface area contributed by atoms with E-state index in [2.05, 4.69) is 408 Å². The van der Waals surface area contributed by atoms with Crippen LogP contribution in [0.15, 0.2) is 263 Å². The maximum atomic E-state index is 6.31. The number of aryl methyl sites for hydroxylation is 8. The van der Waals surface area contributed by atoms with Crippen LogP contribution in [0.3, 0.4) is 0 Å². The molecule has 19 aromatic rings. The Morgan fingerprint density at radius 3 is 0.517 bits per heavy atom. The van der Waals surface area contributed by atoms with Crippen LogP contribution in [0.25, 0.3) is 129 Å². The number of hydrogen-bond acceptors (Lipinski definition) is 3. The third-order valence-electron chi connectivity index (χ3n) is 29.9. The molecule has 724 valence electrons. The minimum atomic E-state index is 0.894. The molecule has 0 aliphatic carbocycles. The fourth-order valence-corrected chi connectivity index (χ4v) is 25.5. The average Bonchev–Trinajstić information content (AvgIpc) is 0.724. The fourth-order valence-electron chi connectivity index (χ4n) is 22.5. The first-order valence-corrected chi connectivity index (χ1v) is 56.9. The summed E-state index contributed by atoms with van der Waals surface area (Å²) in [5.41, 5.74) is 22.9. The second-order valence-electron chi connectivity index (χ2n) is 40.8. The van der Waals surface area contributed by atoms with Crippen molar-refractivity contribution in [2.75, 3.05) is 17.3 Å². The number of hydrogen-bond donors (Lipinski definition) is 0. The van der Waals surface area contributed by atoms with Crippen molar-refractivity contribution < 1.29 is 0 Å². The van der Waals surface area contributed by atoms with E-state index in [9.17, 15) is 0 Å². The van der Waals surface area contributed by atoms with Gasteiger partial charge in [0.2, 0.25) is 0 Å². The van der Waals surface area contributed by atoms with Crippen molar-refractivity contribution in [3.05, 3.63) is 371 Å². The van der Waals surface area contributed by atoms with Crippen molar-refractivity contribution >= 4 is 165 Å². The summed E-state index contributed by atoms with van der Waals surface area (Å²) in [6.07, 6.45) is 43.3. The topological polar surface area (TPSA) is 0 Å². The Labute approximate surface area is 886 Å². The molecule has 0 unspecified atom stereocenters. The van der Waals surface area contributed by atoms with Gasteiger partial charge in [-0.15, -0.1) is 48.1 Å². The molecule has 19 aromatic carbocycles. The van der Waals surface area contributed by atoms with Gasteiger partial charge in [-0.25, -0.2) is 0 Å². The lowest BCUT2D eigenvalue weighted by atomic mass is 9.88. The highest BCUT2D eigenvalue weighted by Crippen LogP contribution is 2.46. The molecular weight excluding hydrogens is 1830 g/mol. The zero-order valence-electron chi connectivity index (χ0n) is 87.6. The number of unbranched alkanes of at least 4 members (excludes halogenated alkanes) is 21. The number of fused-ring (bicyclic) bond motifs is 20. The average molecular weight is 1960 g/mol.